The summed E-state index contributed by atoms with van der Waals surface area (Å²) in [5.74, 6) is 6.08. The van der Waals surface area contributed by atoms with Crippen molar-refractivity contribution in [1.29, 1.82) is 0 Å². The Morgan fingerprint density at radius 1 is 1.54 bits per heavy atom. The Morgan fingerprint density at radius 3 is 2.46 bits per heavy atom. The van der Waals surface area contributed by atoms with Crippen molar-refractivity contribution in [3.63, 3.8) is 0 Å². The van der Waals surface area contributed by atoms with E-state index in [0.717, 1.165) is 6.42 Å². The summed E-state index contributed by atoms with van der Waals surface area (Å²) in [6.07, 6.45) is 3.58. The fourth-order valence-electron chi connectivity index (χ4n) is 1.33. The molecule has 0 heterocycles. The van der Waals surface area contributed by atoms with Crippen molar-refractivity contribution in [3.8, 4) is 0 Å². The molecule has 0 atom stereocenters. The normalized spacial score (nSPS) is 20.2. The van der Waals surface area contributed by atoms with Gasteiger partial charge in [0.1, 0.15) is 0 Å². The van der Waals surface area contributed by atoms with Gasteiger partial charge in [-0.1, -0.05) is 6.92 Å². The van der Waals surface area contributed by atoms with E-state index >= 15 is 0 Å². The SMILES string of the molecule is CCC1(NC(=NC(C)C)NN)CC1. The van der Waals surface area contributed by atoms with Crippen LogP contribution in [0.1, 0.15) is 40.0 Å². The lowest BCUT2D eigenvalue weighted by atomic mass is 10.2. The smallest absolute Gasteiger partial charge is 0.206 e. The van der Waals surface area contributed by atoms with Crippen LogP contribution in [0.3, 0.4) is 0 Å². The summed E-state index contributed by atoms with van der Waals surface area (Å²) in [6, 6.07) is 0.270. The van der Waals surface area contributed by atoms with Crippen LogP contribution >= 0.6 is 0 Å². The molecule has 4 nitrogen and oxygen atoms in total. The molecule has 76 valence electrons. The van der Waals surface area contributed by atoms with E-state index in [4.69, 9.17) is 5.84 Å². The van der Waals surface area contributed by atoms with E-state index in [9.17, 15) is 0 Å². The van der Waals surface area contributed by atoms with Gasteiger partial charge in [0.05, 0.1) is 0 Å². The van der Waals surface area contributed by atoms with E-state index in [-0.39, 0.29) is 11.6 Å². The summed E-state index contributed by atoms with van der Waals surface area (Å²) in [5, 5.41) is 3.35. The van der Waals surface area contributed by atoms with Crippen molar-refractivity contribution < 1.29 is 0 Å². The molecule has 0 aliphatic heterocycles. The number of nitrogens with one attached hydrogen (secondary N) is 2. The number of rotatable bonds is 3. The van der Waals surface area contributed by atoms with Crippen LogP contribution < -0.4 is 16.6 Å². The summed E-state index contributed by atoms with van der Waals surface area (Å²) in [6.45, 7) is 6.25. The lowest BCUT2D eigenvalue weighted by Crippen LogP contribution is -2.47. The second-order valence-corrected chi connectivity index (χ2v) is 3.97. The Hall–Kier alpha value is -0.770. The highest BCUT2D eigenvalue weighted by molar-refractivity contribution is 5.80. The van der Waals surface area contributed by atoms with Crippen molar-refractivity contribution in [2.24, 2.45) is 10.8 Å². The van der Waals surface area contributed by atoms with Gasteiger partial charge in [0.25, 0.3) is 0 Å². The predicted molar refractivity (Wildman–Crippen MR) is 55.3 cm³/mol. The molecule has 1 saturated carbocycles. The zero-order valence-electron chi connectivity index (χ0n) is 8.72. The molecule has 1 rings (SSSR count). The first-order valence-electron chi connectivity index (χ1n) is 4.94. The Bertz CT molecular complexity index is 194. The van der Waals surface area contributed by atoms with Crippen molar-refractivity contribution >= 4 is 5.96 Å². The van der Waals surface area contributed by atoms with Crippen LogP contribution in [0.2, 0.25) is 0 Å². The molecule has 0 aromatic heterocycles. The Morgan fingerprint density at radius 2 is 2.15 bits per heavy atom. The van der Waals surface area contributed by atoms with Gasteiger partial charge in [0.2, 0.25) is 5.96 Å². The molecule has 0 saturated heterocycles. The molecule has 13 heavy (non-hydrogen) atoms. The molecule has 0 radical (unpaired) electrons. The van der Waals surface area contributed by atoms with Crippen molar-refractivity contribution in [3.05, 3.63) is 0 Å². The van der Waals surface area contributed by atoms with Crippen LogP contribution in [0, 0.1) is 0 Å². The fraction of sp³-hybridized carbons (Fsp3) is 0.889. The Balaban J connectivity index is 2.49. The van der Waals surface area contributed by atoms with Crippen LogP contribution in [0.25, 0.3) is 0 Å². The first-order valence-corrected chi connectivity index (χ1v) is 4.94. The van der Waals surface area contributed by atoms with Gasteiger partial charge in [-0.15, -0.1) is 0 Å². The lowest BCUT2D eigenvalue weighted by Gasteiger charge is -2.18. The number of aliphatic imine (C=N–C) groups is 1. The highest BCUT2D eigenvalue weighted by Gasteiger charge is 2.41. The molecule has 0 spiro atoms. The minimum Gasteiger partial charge on any atom is -0.350 e. The predicted octanol–water partition coefficient (Wildman–Crippen LogP) is 0.746. The van der Waals surface area contributed by atoms with Gasteiger partial charge >= 0.3 is 0 Å². The zero-order chi connectivity index (χ0) is 9.90. The van der Waals surface area contributed by atoms with E-state index in [0.29, 0.717) is 5.96 Å². The quantitative estimate of drug-likeness (QED) is 0.262. The topological polar surface area (TPSA) is 62.4 Å². The van der Waals surface area contributed by atoms with Crippen LogP contribution in [-0.4, -0.2) is 17.5 Å². The van der Waals surface area contributed by atoms with Gasteiger partial charge in [-0.25, -0.2) is 10.8 Å². The number of nitrogens with two attached hydrogens (primary N) is 1. The molecule has 0 aromatic rings. The van der Waals surface area contributed by atoms with E-state index in [2.05, 4.69) is 22.7 Å². The van der Waals surface area contributed by atoms with E-state index in [1.165, 1.54) is 12.8 Å². The lowest BCUT2D eigenvalue weighted by molar-refractivity contribution is 0.564. The highest BCUT2D eigenvalue weighted by atomic mass is 15.4. The van der Waals surface area contributed by atoms with Crippen LogP contribution in [0.5, 0.6) is 0 Å². The summed E-state index contributed by atoms with van der Waals surface area (Å²) in [7, 11) is 0. The number of hydrogen-bond donors (Lipinski definition) is 3. The Kier molecular flexibility index (Phi) is 3.14. The summed E-state index contributed by atoms with van der Waals surface area (Å²) >= 11 is 0. The third-order valence-electron chi connectivity index (χ3n) is 2.44. The first-order chi connectivity index (χ1) is 6.12. The summed E-state index contributed by atoms with van der Waals surface area (Å²) in [4.78, 5) is 4.34. The zero-order valence-corrected chi connectivity index (χ0v) is 8.72. The molecule has 4 heteroatoms. The second-order valence-electron chi connectivity index (χ2n) is 3.97. The molecule has 1 aliphatic rings. The van der Waals surface area contributed by atoms with Gasteiger partial charge < -0.3 is 5.32 Å². The molecule has 1 aliphatic carbocycles. The fourth-order valence-corrected chi connectivity index (χ4v) is 1.33. The van der Waals surface area contributed by atoms with Crippen LogP contribution in [0.4, 0.5) is 0 Å². The maximum Gasteiger partial charge on any atom is 0.206 e. The van der Waals surface area contributed by atoms with Crippen LogP contribution in [-0.2, 0) is 0 Å². The molecule has 0 unspecified atom stereocenters. The molecular weight excluding hydrogens is 164 g/mol. The highest BCUT2D eigenvalue weighted by Crippen LogP contribution is 2.38. The summed E-state index contributed by atoms with van der Waals surface area (Å²) < 4.78 is 0. The second kappa shape index (κ2) is 3.96. The van der Waals surface area contributed by atoms with Crippen molar-refractivity contribution in [1.82, 2.24) is 10.7 Å². The van der Waals surface area contributed by atoms with Gasteiger partial charge in [-0.2, -0.15) is 0 Å². The number of nitrogens with zero attached hydrogens (tertiary/aromatic N) is 1. The molecule has 4 N–H and O–H groups in total. The molecule has 0 bridgehead atoms. The molecule has 1 fully saturated rings. The molecular formula is C9H20N4. The minimum absolute atomic E-state index is 0.270. The maximum atomic E-state index is 5.37. The van der Waals surface area contributed by atoms with Gasteiger partial charge in [-0.3, -0.25) is 5.43 Å². The largest absolute Gasteiger partial charge is 0.350 e. The average molecular weight is 184 g/mol. The number of hydrazine groups is 1. The van der Waals surface area contributed by atoms with E-state index < -0.39 is 0 Å². The summed E-state index contributed by atoms with van der Waals surface area (Å²) in [5.41, 5.74) is 2.88. The van der Waals surface area contributed by atoms with Gasteiger partial charge in [0.15, 0.2) is 0 Å². The molecule has 0 amide bonds. The average Bonchev–Trinajstić information content (AvgIpc) is 2.84. The minimum atomic E-state index is 0.270. The van der Waals surface area contributed by atoms with Crippen molar-refractivity contribution in [2.45, 2.75) is 51.6 Å². The monoisotopic (exact) mass is 184 g/mol. The number of guanidine groups is 1. The standard InChI is InChI=1S/C9H20N4/c1-4-9(5-6-9)12-8(13-10)11-7(2)3/h7H,4-6,10H2,1-3H3,(H2,11,12,13). The number of hydrogen-bond acceptors (Lipinski definition) is 2. The van der Waals surface area contributed by atoms with Crippen LogP contribution in [0.15, 0.2) is 4.99 Å². The van der Waals surface area contributed by atoms with Gasteiger partial charge in [0, 0.05) is 11.6 Å². The van der Waals surface area contributed by atoms with E-state index in [1.807, 2.05) is 13.8 Å². The third kappa shape index (κ3) is 2.88. The van der Waals surface area contributed by atoms with Crippen molar-refractivity contribution in [2.75, 3.05) is 0 Å². The van der Waals surface area contributed by atoms with E-state index in [1.54, 1.807) is 0 Å². The first kappa shape index (κ1) is 10.3. The maximum absolute atomic E-state index is 5.37. The Labute approximate surface area is 80.0 Å². The van der Waals surface area contributed by atoms with Gasteiger partial charge in [-0.05, 0) is 33.1 Å². The molecule has 0 aromatic carbocycles. The third-order valence-corrected chi connectivity index (χ3v) is 2.44.